The second-order valence-corrected chi connectivity index (χ2v) is 8.43. The van der Waals surface area contributed by atoms with Gasteiger partial charge in [-0.1, -0.05) is 26.0 Å². The second kappa shape index (κ2) is 6.84. The van der Waals surface area contributed by atoms with Crippen LogP contribution in [0.15, 0.2) is 35.4 Å². The first-order chi connectivity index (χ1) is 10.7. The molecule has 126 valence electrons. The molecule has 0 aliphatic heterocycles. The van der Waals surface area contributed by atoms with E-state index in [1.807, 2.05) is 26.1 Å². The van der Waals surface area contributed by atoms with Crippen LogP contribution < -0.4 is 0 Å². The van der Waals surface area contributed by atoms with Crippen LogP contribution in [0.1, 0.15) is 30.7 Å². The molecule has 0 saturated heterocycles. The Bertz CT molecular complexity index is 762. The van der Waals surface area contributed by atoms with Gasteiger partial charge in [0.05, 0.1) is 11.1 Å². The summed E-state index contributed by atoms with van der Waals surface area (Å²) >= 11 is 0. The van der Waals surface area contributed by atoms with Crippen molar-refractivity contribution in [3.63, 3.8) is 0 Å². The largest absolute Gasteiger partial charge is 0.273 e. The Kier molecular flexibility index (Phi) is 5.26. The summed E-state index contributed by atoms with van der Waals surface area (Å²) in [4.78, 5) is 0.328. The number of hydrogen-bond donors (Lipinski definition) is 0. The maximum atomic E-state index is 12.7. The normalized spacial score (nSPS) is 12.3. The zero-order valence-corrected chi connectivity index (χ0v) is 15.3. The SMILES string of the molecule is Cc1c(CN(C)S(=O)(=O)c2ccc(CC(C)C)cc2)cnn1C. The number of rotatable bonds is 6. The van der Waals surface area contributed by atoms with Crippen LogP contribution in [0, 0.1) is 12.8 Å². The van der Waals surface area contributed by atoms with Gasteiger partial charge in [0.1, 0.15) is 0 Å². The number of hydrogen-bond acceptors (Lipinski definition) is 3. The van der Waals surface area contributed by atoms with Crippen LogP contribution in [0.2, 0.25) is 0 Å². The van der Waals surface area contributed by atoms with Crippen LogP contribution in [-0.4, -0.2) is 29.6 Å². The fraction of sp³-hybridized carbons (Fsp3) is 0.471. The maximum absolute atomic E-state index is 12.7. The summed E-state index contributed by atoms with van der Waals surface area (Å²) < 4.78 is 28.5. The molecule has 23 heavy (non-hydrogen) atoms. The van der Waals surface area contributed by atoms with Gasteiger partial charge in [0.2, 0.25) is 10.0 Å². The van der Waals surface area contributed by atoms with Crippen LogP contribution in [0.25, 0.3) is 0 Å². The Labute approximate surface area is 139 Å². The van der Waals surface area contributed by atoms with Crippen molar-refractivity contribution >= 4 is 10.0 Å². The average Bonchev–Trinajstić information content (AvgIpc) is 2.79. The quantitative estimate of drug-likeness (QED) is 0.815. The standard InChI is InChI=1S/C17H25N3O2S/c1-13(2)10-15-6-8-17(9-7-15)23(21,22)19(4)12-16-11-18-20(5)14(16)3/h6-9,11,13H,10,12H2,1-5H3. The molecule has 2 aromatic rings. The molecule has 1 heterocycles. The lowest BCUT2D eigenvalue weighted by atomic mass is 10.0. The molecule has 5 nitrogen and oxygen atoms in total. The number of benzene rings is 1. The summed E-state index contributed by atoms with van der Waals surface area (Å²) in [6.45, 7) is 6.54. The van der Waals surface area contributed by atoms with Gasteiger partial charge in [-0.15, -0.1) is 0 Å². The van der Waals surface area contributed by atoms with Gasteiger partial charge in [0.25, 0.3) is 0 Å². The van der Waals surface area contributed by atoms with Crippen LogP contribution >= 0.6 is 0 Å². The molecular weight excluding hydrogens is 310 g/mol. The molecule has 0 N–H and O–H groups in total. The lowest BCUT2D eigenvalue weighted by molar-refractivity contribution is 0.465. The summed E-state index contributed by atoms with van der Waals surface area (Å²) in [5, 5.41) is 4.16. The highest BCUT2D eigenvalue weighted by molar-refractivity contribution is 7.89. The Balaban J connectivity index is 2.18. The smallest absolute Gasteiger partial charge is 0.243 e. The number of sulfonamides is 1. The minimum atomic E-state index is -3.49. The number of aryl methyl sites for hydroxylation is 1. The molecule has 0 atom stereocenters. The van der Waals surface area contributed by atoms with Crippen molar-refractivity contribution in [2.24, 2.45) is 13.0 Å². The van der Waals surface area contributed by atoms with E-state index in [9.17, 15) is 8.42 Å². The minimum Gasteiger partial charge on any atom is -0.273 e. The zero-order valence-electron chi connectivity index (χ0n) is 14.4. The molecule has 0 aliphatic rings. The lowest BCUT2D eigenvalue weighted by Crippen LogP contribution is -2.26. The third-order valence-corrected chi connectivity index (χ3v) is 5.82. The molecule has 0 aliphatic carbocycles. The van der Waals surface area contributed by atoms with Crippen molar-refractivity contribution in [3.8, 4) is 0 Å². The molecular formula is C17H25N3O2S. The number of aromatic nitrogens is 2. The summed E-state index contributed by atoms with van der Waals surface area (Å²) in [6.07, 6.45) is 2.66. The molecule has 0 amide bonds. The Morgan fingerprint density at radius 3 is 2.30 bits per heavy atom. The Morgan fingerprint density at radius 2 is 1.83 bits per heavy atom. The van der Waals surface area contributed by atoms with E-state index in [2.05, 4.69) is 18.9 Å². The first-order valence-electron chi connectivity index (χ1n) is 7.74. The maximum Gasteiger partial charge on any atom is 0.243 e. The predicted octanol–water partition coefficient (Wildman–Crippen LogP) is 2.75. The highest BCUT2D eigenvalue weighted by atomic mass is 32.2. The van der Waals surface area contributed by atoms with Crippen molar-refractivity contribution in [1.29, 1.82) is 0 Å². The van der Waals surface area contributed by atoms with E-state index in [1.165, 1.54) is 4.31 Å². The predicted molar refractivity (Wildman–Crippen MR) is 91.6 cm³/mol. The Morgan fingerprint density at radius 1 is 1.22 bits per heavy atom. The summed E-state index contributed by atoms with van der Waals surface area (Å²) in [5.74, 6) is 0.550. The third kappa shape index (κ3) is 4.00. The second-order valence-electron chi connectivity index (χ2n) is 6.38. The molecule has 1 aromatic heterocycles. The van der Waals surface area contributed by atoms with Gasteiger partial charge >= 0.3 is 0 Å². The molecule has 0 spiro atoms. The summed E-state index contributed by atoms with van der Waals surface area (Å²) in [6, 6.07) is 7.19. The van der Waals surface area contributed by atoms with Crippen molar-refractivity contribution in [1.82, 2.24) is 14.1 Å². The van der Waals surface area contributed by atoms with Crippen LogP contribution in [0.4, 0.5) is 0 Å². The fourth-order valence-electron chi connectivity index (χ4n) is 2.47. The summed E-state index contributed by atoms with van der Waals surface area (Å²) in [7, 11) is -0.0446. The molecule has 1 aromatic carbocycles. The molecule has 0 saturated carbocycles. The fourth-order valence-corrected chi connectivity index (χ4v) is 3.62. The molecule has 2 rings (SSSR count). The lowest BCUT2D eigenvalue weighted by Gasteiger charge is -2.17. The van der Waals surface area contributed by atoms with Gasteiger partial charge in [-0.25, -0.2) is 8.42 Å². The molecule has 0 bridgehead atoms. The van der Waals surface area contributed by atoms with Gasteiger partial charge in [-0.05, 0) is 37.0 Å². The summed E-state index contributed by atoms with van der Waals surface area (Å²) in [5.41, 5.74) is 3.04. The van der Waals surface area contributed by atoms with Crippen molar-refractivity contribution in [2.45, 2.75) is 38.6 Å². The van der Waals surface area contributed by atoms with E-state index in [-0.39, 0.29) is 0 Å². The third-order valence-electron chi connectivity index (χ3n) is 4.01. The van der Waals surface area contributed by atoms with Crippen LogP contribution in [0.5, 0.6) is 0 Å². The minimum absolute atomic E-state index is 0.315. The topological polar surface area (TPSA) is 55.2 Å². The van der Waals surface area contributed by atoms with Gasteiger partial charge in [-0.3, -0.25) is 4.68 Å². The highest BCUT2D eigenvalue weighted by Gasteiger charge is 2.22. The molecule has 0 fully saturated rings. The van der Waals surface area contributed by atoms with Crippen molar-refractivity contribution in [3.05, 3.63) is 47.3 Å². The number of nitrogens with zero attached hydrogens (tertiary/aromatic N) is 3. The Hall–Kier alpha value is -1.66. The van der Waals surface area contributed by atoms with Crippen molar-refractivity contribution < 1.29 is 8.42 Å². The zero-order chi connectivity index (χ0) is 17.2. The molecule has 0 unspecified atom stereocenters. The van der Waals surface area contributed by atoms with E-state index in [0.717, 1.165) is 23.2 Å². The monoisotopic (exact) mass is 335 g/mol. The van der Waals surface area contributed by atoms with Gasteiger partial charge < -0.3 is 0 Å². The van der Waals surface area contributed by atoms with E-state index in [0.29, 0.717) is 17.4 Å². The van der Waals surface area contributed by atoms with Crippen LogP contribution in [-0.2, 0) is 30.0 Å². The first kappa shape index (κ1) is 17.7. The van der Waals surface area contributed by atoms with Gasteiger partial charge in [-0.2, -0.15) is 9.40 Å². The van der Waals surface area contributed by atoms with E-state index in [1.54, 1.807) is 30.1 Å². The van der Waals surface area contributed by atoms with E-state index in [4.69, 9.17) is 0 Å². The average molecular weight is 335 g/mol. The van der Waals surface area contributed by atoms with Gasteiger partial charge in [0, 0.05) is 31.9 Å². The molecule has 0 radical (unpaired) electrons. The highest BCUT2D eigenvalue weighted by Crippen LogP contribution is 2.19. The van der Waals surface area contributed by atoms with E-state index < -0.39 is 10.0 Å². The van der Waals surface area contributed by atoms with E-state index >= 15 is 0 Å². The van der Waals surface area contributed by atoms with Crippen LogP contribution in [0.3, 0.4) is 0 Å². The first-order valence-corrected chi connectivity index (χ1v) is 9.18. The molecule has 6 heteroatoms. The van der Waals surface area contributed by atoms with Crippen molar-refractivity contribution in [2.75, 3.05) is 7.05 Å². The van der Waals surface area contributed by atoms with Gasteiger partial charge in [0.15, 0.2) is 0 Å².